The van der Waals surface area contributed by atoms with Gasteiger partial charge in [-0.1, -0.05) is 18.6 Å². The van der Waals surface area contributed by atoms with Crippen LogP contribution in [0.4, 0.5) is 0 Å². The molecule has 2 aliphatic rings. The standard InChI is InChI=1S/C18H26O2/c1-20-18-6-3-13(4-7-18)8-15(12-19)11-17-10-14-2-5-16(17)9-14/h3-4,6-7,14-17,19H,2,5,8-12H2,1H3. The van der Waals surface area contributed by atoms with Gasteiger partial charge >= 0.3 is 0 Å². The van der Waals surface area contributed by atoms with Crippen LogP contribution >= 0.6 is 0 Å². The molecular weight excluding hydrogens is 248 g/mol. The highest BCUT2D eigenvalue weighted by Gasteiger charge is 2.39. The van der Waals surface area contributed by atoms with E-state index in [1.807, 2.05) is 12.1 Å². The Kier molecular flexibility index (Phi) is 4.30. The highest BCUT2D eigenvalue weighted by molar-refractivity contribution is 5.27. The molecule has 4 unspecified atom stereocenters. The molecule has 2 nitrogen and oxygen atoms in total. The summed E-state index contributed by atoms with van der Waals surface area (Å²) in [5.74, 6) is 4.18. The maximum atomic E-state index is 9.69. The van der Waals surface area contributed by atoms with E-state index in [0.29, 0.717) is 12.5 Å². The summed E-state index contributed by atoms with van der Waals surface area (Å²) in [6.07, 6.45) is 7.99. The Morgan fingerprint density at radius 2 is 2.00 bits per heavy atom. The Hall–Kier alpha value is -1.02. The summed E-state index contributed by atoms with van der Waals surface area (Å²) in [6.45, 7) is 0.319. The van der Waals surface area contributed by atoms with Gasteiger partial charge in [-0.15, -0.1) is 0 Å². The first-order chi connectivity index (χ1) is 9.78. The third-order valence-corrected chi connectivity index (χ3v) is 5.46. The zero-order chi connectivity index (χ0) is 13.9. The van der Waals surface area contributed by atoms with Crippen LogP contribution in [0.25, 0.3) is 0 Å². The fraction of sp³-hybridized carbons (Fsp3) is 0.667. The molecule has 0 saturated heterocycles. The van der Waals surface area contributed by atoms with E-state index in [4.69, 9.17) is 4.74 Å². The summed E-state index contributed by atoms with van der Waals surface area (Å²) in [4.78, 5) is 0. The molecule has 0 aliphatic heterocycles. The molecule has 20 heavy (non-hydrogen) atoms. The Morgan fingerprint density at radius 1 is 1.20 bits per heavy atom. The first-order valence-corrected chi connectivity index (χ1v) is 8.02. The van der Waals surface area contributed by atoms with E-state index in [9.17, 15) is 5.11 Å². The van der Waals surface area contributed by atoms with Crippen LogP contribution in [-0.4, -0.2) is 18.8 Å². The van der Waals surface area contributed by atoms with Crippen LogP contribution in [0, 0.1) is 23.7 Å². The number of aliphatic hydroxyl groups is 1. The highest BCUT2D eigenvalue weighted by Crippen LogP contribution is 2.50. The van der Waals surface area contributed by atoms with Gasteiger partial charge in [-0.25, -0.2) is 0 Å². The summed E-state index contributed by atoms with van der Waals surface area (Å²) in [5.41, 5.74) is 1.31. The molecule has 2 bridgehead atoms. The summed E-state index contributed by atoms with van der Waals surface area (Å²) >= 11 is 0. The van der Waals surface area contributed by atoms with Gasteiger partial charge in [0.2, 0.25) is 0 Å². The maximum Gasteiger partial charge on any atom is 0.118 e. The number of hydrogen-bond donors (Lipinski definition) is 1. The van der Waals surface area contributed by atoms with E-state index in [1.165, 1.54) is 37.7 Å². The highest BCUT2D eigenvalue weighted by atomic mass is 16.5. The van der Waals surface area contributed by atoms with Crippen LogP contribution in [0.5, 0.6) is 5.75 Å². The van der Waals surface area contributed by atoms with Crippen molar-refractivity contribution < 1.29 is 9.84 Å². The summed E-state index contributed by atoms with van der Waals surface area (Å²) in [5, 5.41) is 9.69. The molecule has 1 aromatic carbocycles. The van der Waals surface area contributed by atoms with Crippen LogP contribution in [0.3, 0.4) is 0 Å². The van der Waals surface area contributed by atoms with Gasteiger partial charge < -0.3 is 9.84 Å². The molecular formula is C18H26O2. The van der Waals surface area contributed by atoms with E-state index >= 15 is 0 Å². The quantitative estimate of drug-likeness (QED) is 0.857. The molecule has 2 aliphatic carbocycles. The number of hydrogen-bond acceptors (Lipinski definition) is 2. The van der Waals surface area contributed by atoms with Gasteiger partial charge in [0.05, 0.1) is 7.11 Å². The minimum Gasteiger partial charge on any atom is -0.497 e. The normalized spacial score (nSPS) is 29.6. The molecule has 2 saturated carbocycles. The zero-order valence-corrected chi connectivity index (χ0v) is 12.4. The van der Waals surface area contributed by atoms with Gasteiger partial charge in [0, 0.05) is 6.61 Å². The lowest BCUT2D eigenvalue weighted by molar-refractivity contribution is 0.178. The van der Waals surface area contributed by atoms with Gasteiger partial charge in [-0.3, -0.25) is 0 Å². The number of aliphatic hydroxyl groups excluding tert-OH is 1. The number of fused-ring (bicyclic) bond motifs is 2. The minimum atomic E-state index is 0.319. The predicted octanol–water partition coefficient (Wildman–Crippen LogP) is 3.67. The molecule has 1 aromatic rings. The van der Waals surface area contributed by atoms with Crippen molar-refractivity contribution in [3.63, 3.8) is 0 Å². The first-order valence-electron chi connectivity index (χ1n) is 8.02. The topological polar surface area (TPSA) is 29.5 Å². The molecule has 110 valence electrons. The SMILES string of the molecule is COc1ccc(CC(CO)CC2CC3CCC2C3)cc1. The second-order valence-corrected chi connectivity index (χ2v) is 6.77. The molecule has 0 amide bonds. The lowest BCUT2D eigenvalue weighted by Gasteiger charge is -2.25. The maximum absolute atomic E-state index is 9.69. The van der Waals surface area contributed by atoms with E-state index in [1.54, 1.807) is 7.11 Å². The summed E-state index contributed by atoms with van der Waals surface area (Å²) < 4.78 is 5.19. The van der Waals surface area contributed by atoms with Crippen LogP contribution in [0.2, 0.25) is 0 Å². The molecule has 0 spiro atoms. The Morgan fingerprint density at radius 3 is 2.55 bits per heavy atom. The van der Waals surface area contributed by atoms with Crippen LogP contribution in [0.1, 0.15) is 37.7 Å². The predicted molar refractivity (Wildman–Crippen MR) is 80.8 cm³/mol. The monoisotopic (exact) mass is 274 g/mol. The van der Waals surface area contributed by atoms with Crippen LogP contribution in [-0.2, 0) is 6.42 Å². The minimum absolute atomic E-state index is 0.319. The lowest BCUT2D eigenvalue weighted by atomic mass is 9.80. The largest absolute Gasteiger partial charge is 0.497 e. The Labute approximate surface area is 122 Å². The molecule has 4 atom stereocenters. The average molecular weight is 274 g/mol. The van der Waals surface area contributed by atoms with Gasteiger partial charge in [0.25, 0.3) is 0 Å². The van der Waals surface area contributed by atoms with Crippen molar-refractivity contribution in [2.75, 3.05) is 13.7 Å². The second-order valence-electron chi connectivity index (χ2n) is 6.77. The molecule has 1 N–H and O–H groups in total. The van der Waals surface area contributed by atoms with Crippen molar-refractivity contribution in [3.05, 3.63) is 29.8 Å². The van der Waals surface area contributed by atoms with E-state index < -0.39 is 0 Å². The fourth-order valence-corrected chi connectivity index (χ4v) is 4.41. The Bertz CT molecular complexity index is 426. The third kappa shape index (κ3) is 3.01. The zero-order valence-electron chi connectivity index (χ0n) is 12.4. The van der Waals surface area contributed by atoms with E-state index in [-0.39, 0.29) is 0 Å². The first kappa shape index (κ1) is 13.9. The molecule has 0 heterocycles. The molecule has 2 heteroatoms. The third-order valence-electron chi connectivity index (χ3n) is 5.46. The average Bonchev–Trinajstić information content (AvgIpc) is 3.10. The van der Waals surface area contributed by atoms with Crippen molar-refractivity contribution in [1.82, 2.24) is 0 Å². The lowest BCUT2D eigenvalue weighted by Crippen LogP contribution is -2.19. The van der Waals surface area contributed by atoms with Gasteiger partial charge in [-0.2, -0.15) is 0 Å². The second kappa shape index (κ2) is 6.17. The summed E-state index contributed by atoms with van der Waals surface area (Å²) in [7, 11) is 1.70. The van der Waals surface area contributed by atoms with Crippen molar-refractivity contribution in [3.8, 4) is 5.75 Å². The van der Waals surface area contributed by atoms with Crippen LogP contribution in [0.15, 0.2) is 24.3 Å². The smallest absolute Gasteiger partial charge is 0.118 e. The molecule has 0 radical (unpaired) electrons. The fourth-order valence-electron chi connectivity index (χ4n) is 4.41. The Balaban J connectivity index is 1.56. The van der Waals surface area contributed by atoms with E-state index in [0.717, 1.165) is 29.9 Å². The van der Waals surface area contributed by atoms with Crippen molar-refractivity contribution in [2.24, 2.45) is 23.7 Å². The van der Waals surface area contributed by atoms with Crippen molar-refractivity contribution in [2.45, 2.75) is 38.5 Å². The van der Waals surface area contributed by atoms with Crippen molar-refractivity contribution >= 4 is 0 Å². The number of methoxy groups -OCH3 is 1. The van der Waals surface area contributed by atoms with Gasteiger partial charge in [0.1, 0.15) is 5.75 Å². The number of ether oxygens (including phenoxy) is 1. The van der Waals surface area contributed by atoms with Crippen LogP contribution < -0.4 is 4.74 Å². The summed E-state index contributed by atoms with van der Waals surface area (Å²) in [6, 6.07) is 8.28. The van der Waals surface area contributed by atoms with Crippen molar-refractivity contribution in [1.29, 1.82) is 0 Å². The van der Waals surface area contributed by atoms with E-state index in [2.05, 4.69) is 12.1 Å². The number of rotatable bonds is 6. The van der Waals surface area contributed by atoms with Gasteiger partial charge in [-0.05, 0) is 73.5 Å². The van der Waals surface area contributed by atoms with Gasteiger partial charge in [0.15, 0.2) is 0 Å². The molecule has 0 aromatic heterocycles. The molecule has 3 rings (SSSR count). The molecule has 2 fully saturated rings. The number of benzene rings is 1.